The molecule has 2 aromatic rings. The summed E-state index contributed by atoms with van der Waals surface area (Å²) in [7, 11) is 0. The fraction of sp³-hybridized carbons (Fsp3) is 0.333. The molecular formula is C18H20ClNS. The molecule has 0 unspecified atom stereocenters. The molecule has 0 amide bonds. The average molecular weight is 318 g/mol. The van der Waals surface area contributed by atoms with Gasteiger partial charge in [0.2, 0.25) is 0 Å². The summed E-state index contributed by atoms with van der Waals surface area (Å²) in [5, 5.41) is 0.773. The summed E-state index contributed by atoms with van der Waals surface area (Å²) >= 11 is 7.72. The van der Waals surface area contributed by atoms with Crippen LogP contribution < -0.4 is 5.73 Å². The Morgan fingerprint density at radius 2 is 1.67 bits per heavy atom. The molecule has 0 aromatic heterocycles. The smallest absolute Gasteiger partial charge is 0.0406 e. The van der Waals surface area contributed by atoms with Crippen molar-refractivity contribution in [1.29, 1.82) is 0 Å². The van der Waals surface area contributed by atoms with E-state index in [2.05, 4.69) is 36.4 Å². The van der Waals surface area contributed by atoms with Crippen LogP contribution in [0, 0.1) is 5.92 Å². The first-order chi connectivity index (χ1) is 10.2. The van der Waals surface area contributed by atoms with Crippen LogP contribution in [0.15, 0.2) is 58.3 Å². The van der Waals surface area contributed by atoms with Gasteiger partial charge in [-0.05, 0) is 54.7 Å². The first kappa shape index (κ1) is 15.0. The van der Waals surface area contributed by atoms with E-state index in [1.54, 1.807) is 11.8 Å². The molecule has 0 radical (unpaired) electrons. The van der Waals surface area contributed by atoms with Crippen molar-refractivity contribution in [3.63, 3.8) is 0 Å². The van der Waals surface area contributed by atoms with Gasteiger partial charge in [-0.15, -0.1) is 0 Å². The Morgan fingerprint density at radius 3 is 2.38 bits per heavy atom. The second kappa shape index (κ2) is 6.87. The van der Waals surface area contributed by atoms with Crippen LogP contribution in [0.1, 0.15) is 37.3 Å². The van der Waals surface area contributed by atoms with Gasteiger partial charge in [0.25, 0.3) is 0 Å². The van der Waals surface area contributed by atoms with Crippen molar-refractivity contribution in [3.8, 4) is 0 Å². The third-order valence-corrected chi connectivity index (χ3v) is 5.58. The van der Waals surface area contributed by atoms with Gasteiger partial charge in [0.1, 0.15) is 0 Å². The molecule has 0 heterocycles. The highest BCUT2D eigenvalue weighted by Crippen LogP contribution is 2.39. The van der Waals surface area contributed by atoms with Gasteiger partial charge in [0.05, 0.1) is 0 Å². The van der Waals surface area contributed by atoms with Crippen LogP contribution in [0.2, 0.25) is 5.02 Å². The van der Waals surface area contributed by atoms with Gasteiger partial charge in [-0.3, -0.25) is 0 Å². The summed E-state index contributed by atoms with van der Waals surface area (Å²) in [4.78, 5) is 2.46. The van der Waals surface area contributed by atoms with Gasteiger partial charge in [-0.25, -0.2) is 0 Å². The number of hydrogen-bond donors (Lipinski definition) is 1. The van der Waals surface area contributed by atoms with Crippen molar-refractivity contribution in [2.24, 2.45) is 11.7 Å². The minimum atomic E-state index is 0.156. The monoisotopic (exact) mass is 317 g/mol. The topological polar surface area (TPSA) is 26.0 Å². The Hall–Kier alpha value is -0.960. The average Bonchev–Trinajstić information content (AvgIpc) is 3.04. The van der Waals surface area contributed by atoms with Crippen molar-refractivity contribution < 1.29 is 0 Å². The molecule has 0 aliphatic heterocycles. The van der Waals surface area contributed by atoms with Gasteiger partial charge in [0, 0.05) is 20.9 Å². The largest absolute Gasteiger partial charge is 0.324 e. The molecule has 2 N–H and O–H groups in total. The lowest BCUT2D eigenvalue weighted by atomic mass is 9.92. The first-order valence-corrected chi connectivity index (χ1v) is 8.71. The van der Waals surface area contributed by atoms with Gasteiger partial charge in [-0.2, -0.15) is 0 Å². The number of rotatable bonds is 4. The first-order valence-electron chi connectivity index (χ1n) is 7.52. The molecule has 1 nitrogen and oxygen atoms in total. The Kier molecular flexibility index (Phi) is 4.89. The molecule has 1 aliphatic carbocycles. The summed E-state index contributed by atoms with van der Waals surface area (Å²) in [5.74, 6) is 0.636. The zero-order valence-electron chi connectivity index (χ0n) is 12.0. The van der Waals surface area contributed by atoms with Crippen molar-refractivity contribution >= 4 is 23.4 Å². The lowest BCUT2D eigenvalue weighted by Crippen LogP contribution is -2.19. The van der Waals surface area contributed by atoms with E-state index in [9.17, 15) is 0 Å². The van der Waals surface area contributed by atoms with Crippen LogP contribution in [-0.2, 0) is 0 Å². The van der Waals surface area contributed by atoms with Crippen LogP contribution in [0.5, 0.6) is 0 Å². The predicted molar refractivity (Wildman–Crippen MR) is 90.9 cm³/mol. The Labute approximate surface area is 135 Å². The SMILES string of the molecule is N[C@H](c1ccccc1Sc1ccc(Cl)cc1)C1CCCC1. The number of hydrogen-bond acceptors (Lipinski definition) is 2. The minimum absolute atomic E-state index is 0.156. The van der Waals surface area contributed by atoms with Crippen molar-refractivity contribution in [2.45, 2.75) is 41.5 Å². The van der Waals surface area contributed by atoms with Crippen LogP contribution in [0.25, 0.3) is 0 Å². The summed E-state index contributed by atoms with van der Waals surface area (Å²) in [5.41, 5.74) is 7.83. The second-order valence-electron chi connectivity index (χ2n) is 5.66. The highest BCUT2D eigenvalue weighted by molar-refractivity contribution is 7.99. The van der Waals surface area contributed by atoms with Crippen LogP contribution in [0.4, 0.5) is 0 Å². The lowest BCUT2D eigenvalue weighted by Gasteiger charge is -2.21. The quantitative estimate of drug-likeness (QED) is 0.785. The van der Waals surface area contributed by atoms with Gasteiger partial charge < -0.3 is 5.73 Å². The van der Waals surface area contributed by atoms with E-state index in [0.29, 0.717) is 5.92 Å². The van der Waals surface area contributed by atoms with E-state index in [1.807, 2.05) is 12.1 Å². The van der Waals surface area contributed by atoms with E-state index in [0.717, 1.165) is 5.02 Å². The standard InChI is InChI=1S/C18H20ClNS/c19-14-9-11-15(12-10-14)21-17-8-4-3-7-16(17)18(20)13-5-1-2-6-13/h3-4,7-13,18H,1-2,5-6,20H2/t18-/m0/s1. The van der Waals surface area contributed by atoms with Crippen LogP contribution in [0.3, 0.4) is 0 Å². The number of benzene rings is 2. The molecular weight excluding hydrogens is 298 g/mol. The molecule has 1 aliphatic rings. The zero-order valence-corrected chi connectivity index (χ0v) is 13.5. The van der Waals surface area contributed by atoms with E-state index in [-0.39, 0.29) is 6.04 Å². The van der Waals surface area contributed by atoms with Gasteiger partial charge in [-0.1, -0.05) is 54.4 Å². The summed E-state index contributed by atoms with van der Waals surface area (Å²) < 4.78 is 0. The highest BCUT2D eigenvalue weighted by Gasteiger charge is 2.24. The van der Waals surface area contributed by atoms with Crippen molar-refractivity contribution in [1.82, 2.24) is 0 Å². The fourth-order valence-corrected chi connectivity index (χ4v) is 4.17. The predicted octanol–water partition coefficient (Wildman–Crippen LogP) is 5.68. The normalized spacial score (nSPS) is 17.0. The highest BCUT2D eigenvalue weighted by atomic mass is 35.5. The maximum atomic E-state index is 6.54. The van der Waals surface area contributed by atoms with E-state index in [4.69, 9.17) is 17.3 Å². The lowest BCUT2D eigenvalue weighted by molar-refractivity contribution is 0.440. The van der Waals surface area contributed by atoms with E-state index < -0.39 is 0 Å². The molecule has 0 bridgehead atoms. The molecule has 110 valence electrons. The Morgan fingerprint density at radius 1 is 1.00 bits per heavy atom. The zero-order chi connectivity index (χ0) is 14.7. The maximum Gasteiger partial charge on any atom is 0.0406 e. The molecule has 3 heteroatoms. The van der Waals surface area contributed by atoms with E-state index in [1.165, 1.54) is 41.0 Å². The summed E-state index contributed by atoms with van der Waals surface area (Å²) in [6, 6.07) is 16.7. The number of halogens is 1. The molecule has 0 spiro atoms. The van der Waals surface area contributed by atoms with Gasteiger partial charge >= 0.3 is 0 Å². The Bertz CT molecular complexity index is 590. The maximum absolute atomic E-state index is 6.54. The van der Waals surface area contributed by atoms with Crippen molar-refractivity contribution in [2.75, 3.05) is 0 Å². The molecule has 2 aromatic carbocycles. The molecule has 1 atom stereocenters. The van der Waals surface area contributed by atoms with Crippen LogP contribution >= 0.6 is 23.4 Å². The molecule has 21 heavy (non-hydrogen) atoms. The number of nitrogens with two attached hydrogens (primary N) is 1. The molecule has 3 rings (SSSR count). The van der Waals surface area contributed by atoms with Crippen LogP contribution in [-0.4, -0.2) is 0 Å². The van der Waals surface area contributed by atoms with E-state index >= 15 is 0 Å². The summed E-state index contributed by atoms with van der Waals surface area (Å²) in [6.45, 7) is 0. The van der Waals surface area contributed by atoms with Gasteiger partial charge in [0.15, 0.2) is 0 Å². The molecule has 1 saturated carbocycles. The summed E-state index contributed by atoms with van der Waals surface area (Å²) in [6.07, 6.45) is 5.18. The third-order valence-electron chi connectivity index (χ3n) is 4.23. The van der Waals surface area contributed by atoms with Crippen molar-refractivity contribution in [3.05, 3.63) is 59.1 Å². The molecule has 0 saturated heterocycles. The fourth-order valence-electron chi connectivity index (χ4n) is 3.05. The molecule has 1 fully saturated rings. The minimum Gasteiger partial charge on any atom is -0.324 e. The third kappa shape index (κ3) is 3.63. The Balaban J connectivity index is 1.83. The second-order valence-corrected chi connectivity index (χ2v) is 7.22.